The van der Waals surface area contributed by atoms with Crippen LogP contribution < -0.4 is 0 Å². The van der Waals surface area contributed by atoms with Crippen LogP contribution in [0.1, 0.15) is 18.4 Å². The molecule has 0 radical (unpaired) electrons. The van der Waals surface area contributed by atoms with Crippen LogP contribution in [0.25, 0.3) is 0 Å². The summed E-state index contributed by atoms with van der Waals surface area (Å²) in [5.41, 5.74) is 0.774. The summed E-state index contributed by atoms with van der Waals surface area (Å²) >= 11 is 3.28. The maximum absolute atomic E-state index is 13.8. The van der Waals surface area contributed by atoms with E-state index in [4.69, 9.17) is 4.74 Å². The van der Waals surface area contributed by atoms with Crippen molar-refractivity contribution in [3.8, 4) is 0 Å². The Labute approximate surface area is 116 Å². The van der Waals surface area contributed by atoms with Gasteiger partial charge in [0, 0.05) is 30.2 Å². The topological polar surface area (TPSA) is 12.5 Å². The average molecular weight is 316 g/mol. The minimum Gasteiger partial charge on any atom is -0.384 e. The number of rotatable bonds is 4. The van der Waals surface area contributed by atoms with Crippen LogP contribution in [0.3, 0.4) is 0 Å². The van der Waals surface area contributed by atoms with Crippen LogP contribution in [-0.4, -0.2) is 31.7 Å². The Morgan fingerprint density at radius 3 is 3.06 bits per heavy atom. The fourth-order valence-electron chi connectivity index (χ4n) is 2.56. The molecule has 1 saturated heterocycles. The van der Waals surface area contributed by atoms with Gasteiger partial charge in [-0.25, -0.2) is 4.39 Å². The van der Waals surface area contributed by atoms with E-state index in [2.05, 4.69) is 20.8 Å². The Bertz CT molecular complexity index is 397. The number of methoxy groups -OCH3 is 1. The Balaban J connectivity index is 1.96. The third-order valence-electron chi connectivity index (χ3n) is 3.41. The Morgan fingerprint density at radius 1 is 1.50 bits per heavy atom. The maximum atomic E-state index is 13.8. The smallest absolute Gasteiger partial charge is 0.128 e. The number of piperidine rings is 1. The zero-order chi connectivity index (χ0) is 13.0. The summed E-state index contributed by atoms with van der Waals surface area (Å²) < 4.78 is 19.8. The summed E-state index contributed by atoms with van der Waals surface area (Å²) in [7, 11) is 1.74. The summed E-state index contributed by atoms with van der Waals surface area (Å²) in [6.07, 6.45) is 2.39. The van der Waals surface area contributed by atoms with Crippen molar-refractivity contribution in [2.45, 2.75) is 19.4 Å². The van der Waals surface area contributed by atoms with Crippen LogP contribution in [0.4, 0.5) is 4.39 Å². The molecule has 100 valence electrons. The number of ether oxygens (including phenoxy) is 1. The molecule has 1 aromatic carbocycles. The van der Waals surface area contributed by atoms with Gasteiger partial charge in [0.25, 0.3) is 0 Å². The first-order valence-electron chi connectivity index (χ1n) is 6.34. The zero-order valence-electron chi connectivity index (χ0n) is 10.7. The monoisotopic (exact) mass is 315 g/mol. The second kappa shape index (κ2) is 6.64. The van der Waals surface area contributed by atoms with E-state index in [9.17, 15) is 4.39 Å². The van der Waals surface area contributed by atoms with Crippen LogP contribution in [0.2, 0.25) is 0 Å². The van der Waals surface area contributed by atoms with Gasteiger partial charge in [-0.3, -0.25) is 4.90 Å². The minimum absolute atomic E-state index is 0.127. The van der Waals surface area contributed by atoms with Gasteiger partial charge in [-0.15, -0.1) is 0 Å². The lowest BCUT2D eigenvalue weighted by molar-refractivity contribution is 0.0868. The number of halogens is 2. The van der Waals surface area contributed by atoms with Crippen molar-refractivity contribution < 1.29 is 9.13 Å². The van der Waals surface area contributed by atoms with Gasteiger partial charge in [0.05, 0.1) is 6.61 Å². The second-order valence-corrected chi connectivity index (χ2v) is 5.85. The van der Waals surface area contributed by atoms with Crippen molar-refractivity contribution >= 4 is 15.9 Å². The molecule has 2 nitrogen and oxygen atoms in total. The van der Waals surface area contributed by atoms with Crippen LogP contribution in [0.5, 0.6) is 0 Å². The molecule has 1 aliphatic heterocycles. The summed E-state index contributed by atoms with van der Waals surface area (Å²) in [5.74, 6) is 0.459. The number of hydrogen-bond donors (Lipinski definition) is 0. The first-order valence-corrected chi connectivity index (χ1v) is 7.13. The van der Waals surface area contributed by atoms with Gasteiger partial charge < -0.3 is 4.74 Å². The van der Waals surface area contributed by atoms with Crippen molar-refractivity contribution in [1.82, 2.24) is 4.90 Å². The van der Waals surface area contributed by atoms with Gasteiger partial charge in [-0.2, -0.15) is 0 Å². The zero-order valence-corrected chi connectivity index (χ0v) is 12.2. The molecule has 0 amide bonds. The van der Waals surface area contributed by atoms with Gasteiger partial charge in [-0.1, -0.05) is 22.0 Å². The predicted octanol–water partition coefficient (Wildman–Crippen LogP) is 3.45. The third-order valence-corrected chi connectivity index (χ3v) is 3.91. The van der Waals surface area contributed by atoms with E-state index in [-0.39, 0.29) is 5.82 Å². The van der Waals surface area contributed by atoms with Gasteiger partial charge in [-0.05, 0) is 37.4 Å². The van der Waals surface area contributed by atoms with Crippen LogP contribution in [0.15, 0.2) is 22.7 Å². The minimum atomic E-state index is -0.127. The highest BCUT2D eigenvalue weighted by atomic mass is 79.9. The van der Waals surface area contributed by atoms with Gasteiger partial charge in [0.15, 0.2) is 0 Å². The summed E-state index contributed by atoms with van der Waals surface area (Å²) in [5, 5.41) is 0. The van der Waals surface area contributed by atoms with E-state index in [0.29, 0.717) is 12.5 Å². The Hall–Kier alpha value is -0.450. The van der Waals surface area contributed by atoms with Crippen molar-refractivity contribution in [3.63, 3.8) is 0 Å². The second-order valence-electron chi connectivity index (χ2n) is 4.93. The maximum Gasteiger partial charge on any atom is 0.128 e. The predicted molar refractivity (Wildman–Crippen MR) is 74.0 cm³/mol. The number of nitrogens with zero attached hydrogens (tertiary/aromatic N) is 1. The highest BCUT2D eigenvalue weighted by Gasteiger charge is 2.20. The number of hydrogen-bond acceptors (Lipinski definition) is 2. The number of benzene rings is 1. The van der Waals surface area contributed by atoms with Crippen molar-refractivity contribution in [2.75, 3.05) is 26.8 Å². The summed E-state index contributed by atoms with van der Waals surface area (Å²) in [6, 6.07) is 5.29. The molecule has 0 aliphatic carbocycles. The van der Waals surface area contributed by atoms with Gasteiger partial charge >= 0.3 is 0 Å². The molecular formula is C14H19BrFNO. The highest BCUT2D eigenvalue weighted by molar-refractivity contribution is 9.10. The molecule has 18 heavy (non-hydrogen) atoms. The number of likely N-dealkylation sites (tertiary alicyclic amines) is 1. The van der Waals surface area contributed by atoms with Crippen LogP contribution >= 0.6 is 15.9 Å². The molecule has 1 fully saturated rings. The standard InChI is InChI=1S/C14H19BrFNO/c1-18-10-11-3-2-6-17(8-11)9-12-4-5-13(15)7-14(12)16/h4-5,7,11H,2-3,6,8-10H2,1H3. The molecule has 0 spiro atoms. The Kier molecular flexibility index (Phi) is 5.15. The normalized spacial score (nSPS) is 21.2. The van der Waals surface area contributed by atoms with E-state index in [1.807, 2.05) is 12.1 Å². The lowest BCUT2D eigenvalue weighted by Gasteiger charge is -2.32. The largest absolute Gasteiger partial charge is 0.384 e. The average Bonchev–Trinajstić information content (AvgIpc) is 2.34. The van der Waals surface area contributed by atoms with Crippen molar-refractivity contribution in [1.29, 1.82) is 0 Å². The first kappa shape index (κ1) is 14.0. The molecule has 1 unspecified atom stereocenters. The third kappa shape index (κ3) is 3.77. The van der Waals surface area contributed by atoms with Crippen LogP contribution in [0, 0.1) is 11.7 Å². The Morgan fingerprint density at radius 2 is 2.33 bits per heavy atom. The lowest BCUT2D eigenvalue weighted by atomic mass is 9.98. The fraction of sp³-hybridized carbons (Fsp3) is 0.571. The quantitative estimate of drug-likeness (QED) is 0.844. The van der Waals surface area contributed by atoms with Gasteiger partial charge in [0.2, 0.25) is 0 Å². The van der Waals surface area contributed by atoms with E-state index in [1.54, 1.807) is 7.11 Å². The molecule has 1 aliphatic rings. The van der Waals surface area contributed by atoms with Crippen LogP contribution in [-0.2, 0) is 11.3 Å². The molecule has 4 heteroatoms. The molecule has 2 rings (SSSR count). The molecule has 0 N–H and O–H groups in total. The first-order chi connectivity index (χ1) is 8.69. The SMILES string of the molecule is COCC1CCCN(Cc2ccc(Br)cc2F)C1. The molecule has 0 bridgehead atoms. The summed E-state index contributed by atoms with van der Waals surface area (Å²) in [4.78, 5) is 2.32. The van der Waals surface area contributed by atoms with Gasteiger partial charge in [0.1, 0.15) is 5.82 Å². The molecule has 0 saturated carbocycles. The van der Waals surface area contributed by atoms with Crippen molar-refractivity contribution in [3.05, 3.63) is 34.1 Å². The van der Waals surface area contributed by atoms with E-state index >= 15 is 0 Å². The fourth-order valence-corrected chi connectivity index (χ4v) is 2.89. The summed E-state index contributed by atoms with van der Waals surface area (Å²) in [6.45, 7) is 3.55. The van der Waals surface area contributed by atoms with E-state index in [0.717, 1.165) is 29.7 Å². The highest BCUT2D eigenvalue weighted by Crippen LogP contribution is 2.21. The molecular weight excluding hydrogens is 297 g/mol. The molecule has 0 aromatic heterocycles. The van der Waals surface area contributed by atoms with Crippen molar-refractivity contribution in [2.24, 2.45) is 5.92 Å². The lowest BCUT2D eigenvalue weighted by Crippen LogP contribution is -2.36. The van der Waals surface area contributed by atoms with E-state index < -0.39 is 0 Å². The van der Waals surface area contributed by atoms with E-state index in [1.165, 1.54) is 18.9 Å². The molecule has 1 atom stereocenters. The molecule has 1 aromatic rings. The molecule has 1 heterocycles.